The summed E-state index contributed by atoms with van der Waals surface area (Å²) in [5.41, 5.74) is 0.663. The Hall–Kier alpha value is -2.59. The zero-order valence-electron chi connectivity index (χ0n) is 14.8. The quantitative estimate of drug-likeness (QED) is 0.377. The van der Waals surface area contributed by atoms with E-state index in [0.29, 0.717) is 22.0 Å². The van der Waals surface area contributed by atoms with Crippen LogP contribution in [0.1, 0.15) is 5.56 Å². The van der Waals surface area contributed by atoms with Gasteiger partial charge >= 0.3 is 11.9 Å². The van der Waals surface area contributed by atoms with Crippen LogP contribution in [0.2, 0.25) is 0 Å². The Labute approximate surface area is 165 Å². The number of ether oxygens (including phenoxy) is 4. The third-order valence-electron chi connectivity index (χ3n) is 3.45. The van der Waals surface area contributed by atoms with E-state index in [4.69, 9.17) is 21.7 Å². The van der Waals surface area contributed by atoms with Crippen LogP contribution >= 0.6 is 24.0 Å². The summed E-state index contributed by atoms with van der Waals surface area (Å²) in [6.45, 7) is -0.486. The standard InChI is InChI=1S/C17H17NO7S2/c1-22-12-6-10(4-5-11(12)25-9-15(20)24-3)7-13-16(21)18(17(26)27-13)8-14(19)23-2/h4-7H,8-9H2,1-3H3/b13-7-. The average Bonchev–Trinajstić information content (AvgIpc) is 2.93. The molecule has 10 heteroatoms. The van der Waals surface area contributed by atoms with E-state index < -0.39 is 11.9 Å². The molecule has 1 saturated heterocycles. The highest BCUT2D eigenvalue weighted by molar-refractivity contribution is 8.26. The minimum Gasteiger partial charge on any atom is -0.493 e. The van der Waals surface area contributed by atoms with Crippen LogP contribution in [-0.4, -0.2) is 61.5 Å². The lowest BCUT2D eigenvalue weighted by atomic mass is 10.2. The number of hydrogen-bond acceptors (Lipinski definition) is 9. The minimum absolute atomic E-state index is 0.234. The average molecular weight is 411 g/mol. The van der Waals surface area contributed by atoms with Gasteiger partial charge in [-0.1, -0.05) is 30.0 Å². The molecule has 0 aromatic heterocycles. The molecule has 27 heavy (non-hydrogen) atoms. The van der Waals surface area contributed by atoms with E-state index in [1.54, 1.807) is 24.3 Å². The zero-order valence-corrected chi connectivity index (χ0v) is 16.5. The van der Waals surface area contributed by atoms with Crippen LogP contribution in [0.15, 0.2) is 23.1 Å². The number of thiocarbonyl (C=S) groups is 1. The maximum Gasteiger partial charge on any atom is 0.343 e. The lowest BCUT2D eigenvalue weighted by molar-refractivity contribution is -0.143. The molecule has 144 valence electrons. The number of carbonyl (C=O) groups excluding carboxylic acids is 3. The molecule has 0 N–H and O–H groups in total. The van der Waals surface area contributed by atoms with Crippen molar-refractivity contribution in [2.75, 3.05) is 34.5 Å². The molecule has 1 aliphatic rings. The van der Waals surface area contributed by atoms with Gasteiger partial charge in [0.15, 0.2) is 18.1 Å². The first-order valence-electron chi connectivity index (χ1n) is 7.59. The molecule has 0 aliphatic carbocycles. The van der Waals surface area contributed by atoms with Crippen LogP contribution < -0.4 is 9.47 Å². The van der Waals surface area contributed by atoms with Crippen molar-refractivity contribution in [2.24, 2.45) is 0 Å². The molecular weight excluding hydrogens is 394 g/mol. The number of thioether (sulfide) groups is 1. The van der Waals surface area contributed by atoms with E-state index in [1.807, 2.05) is 0 Å². The summed E-state index contributed by atoms with van der Waals surface area (Å²) < 4.78 is 20.0. The molecule has 0 spiro atoms. The number of hydrogen-bond donors (Lipinski definition) is 0. The van der Waals surface area contributed by atoms with E-state index >= 15 is 0 Å². The first-order chi connectivity index (χ1) is 12.9. The molecule has 1 fully saturated rings. The lowest BCUT2D eigenvalue weighted by Crippen LogP contribution is -2.33. The maximum absolute atomic E-state index is 12.4. The van der Waals surface area contributed by atoms with Gasteiger partial charge in [-0.2, -0.15) is 0 Å². The van der Waals surface area contributed by atoms with Crippen molar-refractivity contribution in [3.05, 3.63) is 28.7 Å². The van der Waals surface area contributed by atoms with Gasteiger partial charge in [-0.05, 0) is 23.8 Å². The summed E-state index contributed by atoms with van der Waals surface area (Å²) in [5, 5.41) is 0. The normalized spacial score (nSPS) is 15.1. The first-order valence-corrected chi connectivity index (χ1v) is 8.82. The third kappa shape index (κ3) is 5.20. The van der Waals surface area contributed by atoms with Gasteiger partial charge in [0.25, 0.3) is 5.91 Å². The fourth-order valence-corrected chi connectivity index (χ4v) is 3.33. The Morgan fingerprint density at radius 3 is 2.48 bits per heavy atom. The molecule has 1 amide bonds. The van der Waals surface area contributed by atoms with Crippen molar-refractivity contribution < 1.29 is 33.3 Å². The highest BCUT2D eigenvalue weighted by Gasteiger charge is 2.33. The number of rotatable bonds is 7. The molecule has 0 bridgehead atoms. The summed E-state index contributed by atoms with van der Waals surface area (Å²) in [6, 6.07) is 4.96. The van der Waals surface area contributed by atoms with Crippen LogP contribution in [-0.2, 0) is 23.9 Å². The predicted octanol–water partition coefficient (Wildman–Crippen LogP) is 1.62. The van der Waals surface area contributed by atoms with Gasteiger partial charge in [0.1, 0.15) is 10.9 Å². The molecule has 0 unspecified atom stereocenters. The Kier molecular flexibility index (Phi) is 7.19. The number of amides is 1. The van der Waals surface area contributed by atoms with Crippen molar-refractivity contribution in [3.63, 3.8) is 0 Å². The Bertz CT molecular complexity index is 806. The number of methoxy groups -OCH3 is 3. The fraction of sp³-hybridized carbons (Fsp3) is 0.294. The summed E-state index contributed by atoms with van der Waals surface area (Å²) in [7, 11) is 3.97. The second-order valence-corrected chi connectivity index (χ2v) is 6.79. The number of carbonyl (C=O) groups is 3. The smallest absolute Gasteiger partial charge is 0.343 e. The topological polar surface area (TPSA) is 91.4 Å². The SMILES string of the molecule is COC(=O)COc1ccc(/C=C2\SC(=S)N(CC(=O)OC)C2=O)cc1OC. The zero-order chi connectivity index (χ0) is 20.0. The van der Waals surface area contributed by atoms with Gasteiger partial charge in [-0.15, -0.1) is 0 Å². The largest absolute Gasteiger partial charge is 0.493 e. The van der Waals surface area contributed by atoms with Crippen LogP contribution in [0, 0.1) is 0 Å². The van der Waals surface area contributed by atoms with Crippen molar-refractivity contribution >= 4 is 52.2 Å². The number of esters is 2. The molecule has 0 atom stereocenters. The van der Waals surface area contributed by atoms with Crippen LogP contribution in [0.5, 0.6) is 11.5 Å². The molecule has 8 nitrogen and oxygen atoms in total. The molecule has 0 radical (unpaired) electrons. The van der Waals surface area contributed by atoms with Gasteiger partial charge in [0.05, 0.1) is 26.2 Å². The predicted molar refractivity (Wildman–Crippen MR) is 102 cm³/mol. The van der Waals surface area contributed by atoms with Gasteiger partial charge in [-0.3, -0.25) is 14.5 Å². The van der Waals surface area contributed by atoms with Gasteiger partial charge < -0.3 is 18.9 Å². The minimum atomic E-state index is -0.554. The second kappa shape index (κ2) is 9.38. The first kappa shape index (κ1) is 20.7. The molecule has 0 saturated carbocycles. The molecular formula is C17H17NO7S2. The highest BCUT2D eigenvalue weighted by atomic mass is 32.2. The molecule has 1 aliphatic heterocycles. The van der Waals surface area contributed by atoms with E-state index in [0.717, 1.165) is 11.8 Å². The van der Waals surface area contributed by atoms with E-state index in [1.165, 1.54) is 26.2 Å². The number of benzene rings is 1. The van der Waals surface area contributed by atoms with Gasteiger partial charge in [0.2, 0.25) is 0 Å². The summed E-state index contributed by atoms with van der Waals surface area (Å²) in [6.07, 6.45) is 1.63. The summed E-state index contributed by atoms with van der Waals surface area (Å²) in [5.74, 6) is -0.701. The Balaban J connectivity index is 2.18. The van der Waals surface area contributed by atoms with Crippen molar-refractivity contribution in [2.45, 2.75) is 0 Å². The van der Waals surface area contributed by atoms with Crippen LogP contribution in [0.4, 0.5) is 0 Å². The third-order valence-corrected chi connectivity index (χ3v) is 4.82. The lowest BCUT2D eigenvalue weighted by Gasteiger charge is -2.12. The molecule has 1 aromatic carbocycles. The van der Waals surface area contributed by atoms with Crippen molar-refractivity contribution in [3.8, 4) is 11.5 Å². The van der Waals surface area contributed by atoms with Gasteiger partial charge in [0, 0.05) is 0 Å². The Morgan fingerprint density at radius 1 is 1.15 bits per heavy atom. The number of nitrogens with zero attached hydrogens (tertiary/aromatic N) is 1. The van der Waals surface area contributed by atoms with Crippen LogP contribution in [0.3, 0.4) is 0 Å². The summed E-state index contributed by atoms with van der Waals surface area (Å²) in [4.78, 5) is 36.6. The van der Waals surface area contributed by atoms with Gasteiger partial charge in [-0.25, -0.2) is 4.79 Å². The molecule has 1 aromatic rings. The highest BCUT2D eigenvalue weighted by Crippen LogP contribution is 2.34. The van der Waals surface area contributed by atoms with E-state index in [-0.39, 0.29) is 23.4 Å². The van der Waals surface area contributed by atoms with E-state index in [9.17, 15) is 14.4 Å². The van der Waals surface area contributed by atoms with Crippen LogP contribution in [0.25, 0.3) is 6.08 Å². The molecule has 1 heterocycles. The molecule has 2 rings (SSSR count). The fourth-order valence-electron chi connectivity index (χ4n) is 2.07. The monoisotopic (exact) mass is 411 g/mol. The van der Waals surface area contributed by atoms with E-state index in [2.05, 4.69) is 9.47 Å². The Morgan fingerprint density at radius 2 is 1.85 bits per heavy atom. The van der Waals surface area contributed by atoms with Crippen molar-refractivity contribution in [1.82, 2.24) is 4.90 Å². The summed E-state index contributed by atoms with van der Waals surface area (Å²) >= 11 is 6.24. The maximum atomic E-state index is 12.4. The van der Waals surface area contributed by atoms with Crippen molar-refractivity contribution in [1.29, 1.82) is 0 Å². The second-order valence-electron chi connectivity index (χ2n) is 5.12.